The highest BCUT2D eigenvalue weighted by atomic mass is 32.1. The highest BCUT2D eigenvalue weighted by Gasteiger charge is 2.30. The summed E-state index contributed by atoms with van der Waals surface area (Å²) in [6.07, 6.45) is 7.67. The summed E-state index contributed by atoms with van der Waals surface area (Å²) in [5, 5.41) is 2.15. The molecular formula is C39H28N4S2. The molecule has 0 saturated carbocycles. The van der Waals surface area contributed by atoms with Crippen molar-refractivity contribution >= 4 is 82.8 Å². The second kappa shape index (κ2) is 10.5. The molecule has 3 heterocycles. The summed E-state index contributed by atoms with van der Waals surface area (Å²) in [6, 6.07) is 41.1. The van der Waals surface area contributed by atoms with Gasteiger partial charge >= 0.3 is 0 Å². The zero-order valence-electron chi connectivity index (χ0n) is 24.6. The number of nitrogens with zero attached hydrogens (tertiary/aromatic N) is 4. The summed E-state index contributed by atoms with van der Waals surface area (Å²) in [5.41, 5.74) is 11.4. The molecule has 0 amide bonds. The van der Waals surface area contributed by atoms with Crippen molar-refractivity contribution in [2.75, 3.05) is 9.80 Å². The number of thiazole rings is 2. The molecule has 1 unspecified atom stereocenters. The molecule has 0 fully saturated rings. The molecule has 0 radical (unpaired) electrons. The molecule has 1 atom stereocenters. The van der Waals surface area contributed by atoms with Gasteiger partial charge in [-0.25, -0.2) is 9.97 Å². The number of anilines is 6. The lowest BCUT2D eigenvalue weighted by atomic mass is 9.96. The topological polar surface area (TPSA) is 32.3 Å². The second-order valence-electron chi connectivity index (χ2n) is 11.6. The SMILES string of the molecule is CC1C=CC=C(c2nc3cc4sc(-c5ccc(N6c7ccccc7N(c7ccccc7)c7ccccc76)cc5)nc4cc3s2)C1. The van der Waals surface area contributed by atoms with Crippen molar-refractivity contribution in [3.63, 3.8) is 0 Å². The lowest BCUT2D eigenvalue weighted by molar-refractivity contribution is 0.748. The molecule has 0 bridgehead atoms. The number of rotatable bonds is 4. The molecule has 216 valence electrons. The second-order valence-corrected chi connectivity index (χ2v) is 13.7. The van der Waals surface area contributed by atoms with E-state index in [0.29, 0.717) is 5.92 Å². The van der Waals surface area contributed by atoms with Gasteiger partial charge in [0.15, 0.2) is 0 Å². The van der Waals surface area contributed by atoms with Crippen LogP contribution < -0.4 is 9.80 Å². The number of para-hydroxylation sites is 5. The first-order valence-electron chi connectivity index (χ1n) is 15.2. The fourth-order valence-corrected chi connectivity index (χ4v) is 8.44. The average molecular weight is 617 g/mol. The van der Waals surface area contributed by atoms with Crippen LogP contribution in [-0.2, 0) is 0 Å². The quantitative estimate of drug-likeness (QED) is 0.197. The standard InChI is InChI=1S/C39H28N4S2/c1-25-10-9-11-27(22-25)39-41-31-24-36-30(23-37(31)45-39)40-38(44-36)26-18-20-29(21-19-26)43-34-16-7-5-14-32(34)42(28-12-3-2-4-13-28)33-15-6-8-17-35(33)43/h2-21,23-25H,22H2,1H3. The van der Waals surface area contributed by atoms with Crippen LogP contribution in [0.3, 0.4) is 0 Å². The van der Waals surface area contributed by atoms with Crippen LogP contribution in [0.1, 0.15) is 18.4 Å². The summed E-state index contributed by atoms with van der Waals surface area (Å²) in [5.74, 6) is 0.555. The fraction of sp³-hybridized carbons (Fsp3) is 0.0769. The largest absolute Gasteiger partial charge is 0.306 e. The molecule has 9 rings (SSSR count). The van der Waals surface area contributed by atoms with Gasteiger partial charge in [0.25, 0.3) is 0 Å². The monoisotopic (exact) mass is 616 g/mol. The molecular weight excluding hydrogens is 589 g/mol. The van der Waals surface area contributed by atoms with E-state index >= 15 is 0 Å². The summed E-state index contributed by atoms with van der Waals surface area (Å²) in [7, 11) is 0. The minimum absolute atomic E-state index is 0.555. The van der Waals surface area contributed by atoms with E-state index in [1.54, 1.807) is 22.7 Å². The zero-order valence-corrected chi connectivity index (χ0v) is 26.2. The third-order valence-electron chi connectivity index (χ3n) is 8.57. The van der Waals surface area contributed by atoms with E-state index in [0.717, 1.165) is 67.2 Å². The number of fused-ring (bicyclic) bond motifs is 4. The molecule has 1 aliphatic carbocycles. The van der Waals surface area contributed by atoms with Crippen LogP contribution in [0.25, 0.3) is 36.6 Å². The third kappa shape index (κ3) is 4.48. The van der Waals surface area contributed by atoms with Crippen LogP contribution in [0, 0.1) is 5.92 Å². The normalized spacial score (nSPS) is 15.8. The predicted molar refractivity (Wildman–Crippen MR) is 192 cm³/mol. The van der Waals surface area contributed by atoms with Crippen molar-refractivity contribution in [2.24, 2.45) is 5.92 Å². The fourth-order valence-electron chi connectivity index (χ4n) is 6.44. The molecule has 4 nitrogen and oxygen atoms in total. The van der Waals surface area contributed by atoms with Crippen molar-refractivity contribution in [1.82, 2.24) is 9.97 Å². The Kier molecular flexibility index (Phi) is 6.18. The van der Waals surface area contributed by atoms with Gasteiger partial charge in [0.2, 0.25) is 0 Å². The van der Waals surface area contributed by atoms with Gasteiger partial charge < -0.3 is 9.80 Å². The van der Waals surface area contributed by atoms with Crippen LogP contribution in [0.5, 0.6) is 0 Å². The van der Waals surface area contributed by atoms with Crippen molar-refractivity contribution in [2.45, 2.75) is 13.3 Å². The number of hydrogen-bond donors (Lipinski definition) is 0. The van der Waals surface area contributed by atoms with E-state index in [2.05, 4.69) is 150 Å². The lowest BCUT2D eigenvalue weighted by Gasteiger charge is -2.40. The molecule has 2 aliphatic rings. The first-order valence-corrected chi connectivity index (χ1v) is 16.9. The highest BCUT2D eigenvalue weighted by molar-refractivity contribution is 7.22. The van der Waals surface area contributed by atoms with Crippen molar-refractivity contribution in [1.29, 1.82) is 0 Å². The Balaban J connectivity index is 1.07. The van der Waals surface area contributed by atoms with E-state index in [-0.39, 0.29) is 0 Å². The van der Waals surface area contributed by atoms with Gasteiger partial charge in [0.1, 0.15) is 10.0 Å². The predicted octanol–water partition coefficient (Wildman–Crippen LogP) is 11.8. The maximum atomic E-state index is 5.08. The summed E-state index contributed by atoms with van der Waals surface area (Å²) in [6.45, 7) is 2.26. The molecule has 1 aliphatic heterocycles. The van der Waals surface area contributed by atoms with Gasteiger partial charge in [-0.1, -0.05) is 67.6 Å². The van der Waals surface area contributed by atoms with Crippen LogP contribution in [-0.4, -0.2) is 9.97 Å². The molecule has 0 spiro atoms. The van der Waals surface area contributed by atoms with E-state index in [9.17, 15) is 0 Å². The maximum absolute atomic E-state index is 5.08. The van der Waals surface area contributed by atoms with Crippen LogP contribution >= 0.6 is 22.7 Å². The van der Waals surface area contributed by atoms with Crippen LogP contribution in [0.4, 0.5) is 34.1 Å². The molecule has 0 saturated heterocycles. The first kappa shape index (κ1) is 26.4. The van der Waals surface area contributed by atoms with Crippen molar-refractivity contribution in [3.05, 3.63) is 138 Å². The molecule has 6 heteroatoms. The van der Waals surface area contributed by atoms with E-state index in [1.807, 2.05) is 0 Å². The van der Waals surface area contributed by atoms with Gasteiger partial charge in [-0.3, -0.25) is 0 Å². The Morgan fingerprint density at radius 2 is 1.11 bits per heavy atom. The molecule has 0 N–H and O–H groups in total. The van der Waals surface area contributed by atoms with Crippen LogP contribution in [0.15, 0.2) is 133 Å². The van der Waals surface area contributed by atoms with E-state index in [1.165, 1.54) is 15.0 Å². The van der Waals surface area contributed by atoms with Gasteiger partial charge in [-0.15, -0.1) is 22.7 Å². The van der Waals surface area contributed by atoms with Gasteiger partial charge in [0.05, 0.1) is 43.2 Å². The maximum Gasteiger partial charge on any atom is 0.124 e. The molecule has 7 aromatic rings. The number of hydrogen-bond acceptors (Lipinski definition) is 6. The minimum atomic E-state index is 0.555. The number of aromatic nitrogens is 2. The summed E-state index contributed by atoms with van der Waals surface area (Å²) in [4.78, 5) is 14.8. The molecule has 5 aromatic carbocycles. The molecule has 2 aromatic heterocycles. The molecule has 45 heavy (non-hydrogen) atoms. The smallest absolute Gasteiger partial charge is 0.124 e. The van der Waals surface area contributed by atoms with E-state index < -0.39 is 0 Å². The Morgan fingerprint density at radius 3 is 1.69 bits per heavy atom. The lowest BCUT2D eigenvalue weighted by Crippen LogP contribution is -2.23. The van der Waals surface area contributed by atoms with Gasteiger partial charge in [-0.2, -0.15) is 0 Å². The number of benzene rings is 5. The zero-order chi connectivity index (χ0) is 29.9. The summed E-state index contributed by atoms with van der Waals surface area (Å²) >= 11 is 3.51. The van der Waals surface area contributed by atoms with Crippen LogP contribution in [0.2, 0.25) is 0 Å². The Labute approximate surface area is 269 Å². The summed E-state index contributed by atoms with van der Waals surface area (Å²) < 4.78 is 2.36. The Morgan fingerprint density at radius 1 is 0.600 bits per heavy atom. The number of allylic oxidation sites excluding steroid dienone is 4. The minimum Gasteiger partial charge on any atom is -0.306 e. The third-order valence-corrected chi connectivity index (χ3v) is 10.7. The van der Waals surface area contributed by atoms with E-state index in [4.69, 9.17) is 9.97 Å². The Bertz CT molecular complexity index is 2180. The average Bonchev–Trinajstić information content (AvgIpc) is 3.70. The Hall–Kier alpha value is -5.04. The van der Waals surface area contributed by atoms with Gasteiger partial charge in [-0.05, 0) is 90.7 Å². The van der Waals surface area contributed by atoms with Crippen molar-refractivity contribution in [3.8, 4) is 10.6 Å². The first-order chi connectivity index (χ1) is 22.2. The van der Waals surface area contributed by atoms with Gasteiger partial charge in [0, 0.05) is 16.9 Å². The van der Waals surface area contributed by atoms with Crippen molar-refractivity contribution < 1.29 is 0 Å². The highest BCUT2D eigenvalue weighted by Crippen LogP contribution is 2.54.